The first kappa shape index (κ1) is 24.9. The van der Waals surface area contributed by atoms with Crippen molar-refractivity contribution >= 4 is 22.1 Å². The monoisotopic (exact) mass is 481 g/mol. The molecule has 1 amide bonds. The lowest BCUT2D eigenvalue weighted by atomic mass is 10.2. The molecule has 0 aromatic heterocycles. The Hall–Kier alpha value is -3.69. The molecule has 0 aliphatic carbocycles. The molecule has 0 atom stereocenters. The summed E-state index contributed by atoms with van der Waals surface area (Å²) >= 11 is 0. The van der Waals surface area contributed by atoms with Crippen LogP contribution >= 0.6 is 0 Å². The summed E-state index contributed by atoms with van der Waals surface area (Å²) in [6.07, 6.45) is 1.46. The quantitative estimate of drug-likeness (QED) is 0.354. The number of hydrogen-bond donors (Lipinski definition) is 1. The molecule has 0 fully saturated rings. The zero-order valence-corrected chi connectivity index (χ0v) is 20.1. The number of aryl methyl sites for hydroxylation is 1. The Bertz CT molecular complexity index is 1260. The molecule has 0 spiro atoms. The van der Waals surface area contributed by atoms with Crippen molar-refractivity contribution < 1.29 is 22.7 Å². The molecule has 3 aromatic carbocycles. The molecule has 0 aliphatic heterocycles. The number of amides is 1. The number of carbonyl (C=O) groups excluding carboxylic acids is 1. The number of sulfonamides is 1. The molecule has 0 saturated carbocycles. The second kappa shape index (κ2) is 11.4. The molecule has 0 heterocycles. The molecule has 3 rings (SSSR count). The summed E-state index contributed by atoms with van der Waals surface area (Å²) in [5, 5.41) is 3.93. The maximum atomic E-state index is 12.9. The second-order valence-electron chi connectivity index (χ2n) is 7.56. The van der Waals surface area contributed by atoms with Crippen LogP contribution in [0.15, 0.2) is 82.8 Å². The molecule has 178 valence electrons. The van der Waals surface area contributed by atoms with Crippen LogP contribution in [0, 0.1) is 6.92 Å². The van der Waals surface area contributed by atoms with Crippen LogP contribution in [0.2, 0.25) is 0 Å². The highest BCUT2D eigenvalue weighted by atomic mass is 32.2. The molecular weight excluding hydrogens is 454 g/mol. The van der Waals surface area contributed by atoms with Gasteiger partial charge >= 0.3 is 0 Å². The van der Waals surface area contributed by atoms with E-state index in [2.05, 4.69) is 10.5 Å². The fourth-order valence-electron chi connectivity index (χ4n) is 3.08. The number of ether oxygens (including phenoxy) is 2. The van der Waals surface area contributed by atoms with Crippen LogP contribution in [0.5, 0.6) is 11.5 Å². The van der Waals surface area contributed by atoms with Crippen LogP contribution in [0.4, 0.5) is 0 Å². The third kappa shape index (κ3) is 6.66. The fraction of sp³-hybridized carbons (Fsp3) is 0.200. The van der Waals surface area contributed by atoms with Crippen molar-refractivity contribution in [3.05, 3.63) is 89.5 Å². The van der Waals surface area contributed by atoms with Gasteiger partial charge in [-0.2, -0.15) is 9.41 Å². The lowest BCUT2D eigenvalue weighted by Gasteiger charge is -2.18. The molecule has 0 bridgehead atoms. The lowest BCUT2D eigenvalue weighted by molar-refractivity contribution is -0.121. The number of hydrazone groups is 1. The molecule has 0 radical (unpaired) electrons. The number of methoxy groups -OCH3 is 1. The molecular formula is C25H27N3O5S. The molecule has 3 aromatic rings. The molecule has 0 saturated heterocycles. The van der Waals surface area contributed by atoms with Gasteiger partial charge in [0.05, 0.1) is 19.9 Å². The van der Waals surface area contributed by atoms with Gasteiger partial charge in [-0.15, -0.1) is 0 Å². The fourth-order valence-corrected chi connectivity index (χ4v) is 4.44. The minimum atomic E-state index is -3.93. The van der Waals surface area contributed by atoms with Gasteiger partial charge in [0.25, 0.3) is 5.91 Å². The van der Waals surface area contributed by atoms with E-state index in [1.807, 2.05) is 48.5 Å². The van der Waals surface area contributed by atoms with Crippen LogP contribution in [0.1, 0.15) is 16.7 Å². The summed E-state index contributed by atoms with van der Waals surface area (Å²) < 4.78 is 37.7. The summed E-state index contributed by atoms with van der Waals surface area (Å²) in [7, 11) is -1.21. The number of nitrogens with one attached hydrogen (secondary N) is 1. The van der Waals surface area contributed by atoms with Gasteiger partial charge in [-0.05, 0) is 47.9 Å². The van der Waals surface area contributed by atoms with E-state index in [0.29, 0.717) is 12.4 Å². The van der Waals surface area contributed by atoms with Crippen LogP contribution in [0.25, 0.3) is 0 Å². The minimum absolute atomic E-state index is 0.00104. The van der Waals surface area contributed by atoms with Crippen LogP contribution in [-0.2, 0) is 21.4 Å². The van der Waals surface area contributed by atoms with Gasteiger partial charge < -0.3 is 9.47 Å². The maximum Gasteiger partial charge on any atom is 0.255 e. The number of likely N-dealkylation sites (N-methyl/N-ethyl adjacent to an activating group) is 1. The molecule has 34 heavy (non-hydrogen) atoms. The molecule has 8 nitrogen and oxygen atoms in total. The van der Waals surface area contributed by atoms with E-state index in [1.165, 1.54) is 26.4 Å². The van der Waals surface area contributed by atoms with Crippen LogP contribution < -0.4 is 14.9 Å². The van der Waals surface area contributed by atoms with Crippen molar-refractivity contribution in [1.29, 1.82) is 0 Å². The zero-order valence-electron chi connectivity index (χ0n) is 19.3. The SMILES string of the molecule is COc1ccc(C)cc1S(=O)(=O)N(C)CC(=O)N/N=C/c1cccc(OCc2ccccc2)c1. The Morgan fingerprint density at radius 1 is 1.06 bits per heavy atom. The van der Waals surface area contributed by atoms with Crippen molar-refractivity contribution in [1.82, 2.24) is 9.73 Å². The first-order valence-corrected chi connectivity index (χ1v) is 11.9. The molecule has 1 N–H and O–H groups in total. The lowest BCUT2D eigenvalue weighted by Crippen LogP contribution is -2.36. The van der Waals surface area contributed by atoms with E-state index < -0.39 is 22.5 Å². The first-order valence-electron chi connectivity index (χ1n) is 10.5. The summed E-state index contributed by atoms with van der Waals surface area (Å²) in [5.41, 5.74) is 4.89. The molecule has 9 heteroatoms. The summed E-state index contributed by atoms with van der Waals surface area (Å²) in [5.74, 6) is 0.299. The normalized spacial score (nSPS) is 11.5. The van der Waals surface area contributed by atoms with Gasteiger partial charge in [0.1, 0.15) is 23.0 Å². The van der Waals surface area contributed by atoms with Gasteiger partial charge in [-0.1, -0.05) is 48.5 Å². The van der Waals surface area contributed by atoms with E-state index in [0.717, 1.165) is 21.0 Å². The van der Waals surface area contributed by atoms with E-state index in [1.54, 1.807) is 25.1 Å². The number of nitrogens with zero attached hydrogens (tertiary/aromatic N) is 2. The van der Waals surface area contributed by atoms with E-state index >= 15 is 0 Å². The largest absolute Gasteiger partial charge is 0.495 e. The highest BCUT2D eigenvalue weighted by Crippen LogP contribution is 2.27. The molecule has 0 aliphatic rings. The predicted octanol–water partition coefficient (Wildman–Crippen LogP) is 3.35. The van der Waals surface area contributed by atoms with Gasteiger partial charge in [0, 0.05) is 7.05 Å². The topological polar surface area (TPSA) is 97.3 Å². The Morgan fingerprint density at radius 2 is 1.82 bits per heavy atom. The Labute approximate surface area is 199 Å². The summed E-state index contributed by atoms with van der Waals surface area (Å²) in [6, 6.07) is 21.9. The van der Waals surface area contributed by atoms with Crippen molar-refractivity contribution in [3.63, 3.8) is 0 Å². The van der Waals surface area contributed by atoms with Gasteiger partial charge in [-0.25, -0.2) is 13.8 Å². The highest BCUT2D eigenvalue weighted by molar-refractivity contribution is 7.89. The van der Waals surface area contributed by atoms with Gasteiger partial charge in [-0.3, -0.25) is 4.79 Å². The maximum absolute atomic E-state index is 12.9. The Kier molecular flexibility index (Phi) is 8.39. The third-order valence-corrected chi connectivity index (χ3v) is 6.71. The summed E-state index contributed by atoms with van der Waals surface area (Å²) in [6.45, 7) is 1.81. The average molecular weight is 482 g/mol. The first-order chi connectivity index (χ1) is 16.3. The van der Waals surface area contributed by atoms with Gasteiger partial charge in [0.2, 0.25) is 10.0 Å². The number of rotatable bonds is 10. The minimum Gasteiger partial charge on any atom is -0.495 e. The van der Waals surface area contributed by atoms with E-state index in [9.17, 15) is 13.2 Å². The Balaban J connectivity index is 1.57. The number of hydrogen-bond acceptors (Lipinski definition) is 6. The number of benzene rings is 3. The summed E-state index contributed by atoms with van der Waals surface area (Å²) in [4.78, 5) is 12.3. The van der Waals surface area contributed by atoms with Crippen molar-refractivity contribution in [3.8, 4) is 11.5 Å². The smallest absolute Gasteiger partial charge is 0.255 e. The second-order valence-corrected chi connectivity index (χ2v) is 9.57. The molecule has 0 unspecified atom stereocenters. The average Bonchev–Trinajstić information content (AvgIpc) is 2.83. The van der Waals surface area contributed by atoms with Crippen LogP contribution in [0.3, 0.4) is 0 Å². The zero-order chi connectivity index (χ0) is 24.6. The highest BCUT2D eigenvalue weighted by Gasteiger charge is 2.26. The van der Waals surface area contributed by atoms with E-state index in [-0.39, 0.29) is 10.6 Å². The Morgan fingerprint density at radius 3 is 2.56 bits per heavy atom. The van der Waals surface area contributed by atoms with Crippen molar-refractivity contribution in [2.45, 2.75) is 18.4 Å². The standard InChI is InChI=1S/C25H27N3O5S/c1-19-12-13-23(32-3)24(14-19)34(30,31)28(2)17-25(29)27-26-16-21-10-7-11-22(15-21)33-18-20-8-5-4-6-9-20/h4-16H,17-18H2,1-3H3,(H,27,29)/b26-16+. The predicted molar refractivity (Wildman–Crippen MR) is 130 cm³/mol. The van der Waals surface area contributed by atoms with Crippen LogP contribution in [-0.4, -0.2) is 45.5 Å². The van der Waals surface area contributed by atoms with Gasteiger partial charge in [0.15, 0.2) is 0 Å². The van der Waals surface area contributed by atoms with E-state index in [4.69, 9.17) is 9.47 Å². The van der Waals surface area contributed by atoms with Crippen molar-refractivity contribution in [2.75, 3.05) is 20.7 Å². The van der Waals surface area contributed by atoms with Crippen molar-refractivity contribution in [2.24, 2.45) is 5.10 Å². The third-order valence-electron chi connectivity index (χ3n) is 4.88. The number of carbonyl (C=O) groups is 1.